The molecule has 1 amide bonds. The average Bonchev–Trinajstić information content (AvgIpc) is 2.46. The van der Waals surface area contributed by atoms with E-state index in [0.717, 1.165) is 32.6 Å². The van der Waals surface area contributed by atoms with Crippen LogP contribution in [0.5, 0.6) is 0 Å². The molecular weight excluding hydrogens is 262 g/mol. The molecule has 1 aliphatic rings. The number of hydrogen-bond acceptors (Lipinski definition) is 3. The summed E-state index contributed by atoms with van der Waals surface area (Å²) in [5.74, 6) is 0.185. The van der Waals surface area contributed by atoms with Crippen molar-refractivity contribution in [2.24, 2.45) is 0 Å². The highest BCUT2D eigenvalue weighted by molar-refractivity contribution is 5.90. The molecule has 21 heavy (non-hydrogen) atoms. The molecular formula is C17H27N3O. The van der Waals surface area contributed by atoms with Crippen LogP contribution in [0.4, 0.5) is 5.69 Å². The Bertz CT molecular complexity index is 499. The van der Waals surface area contributed by atoms with Gasteiger partial charge in [-0.25, -0.2) is 0 Å². The van der Waals surface area contributed by atoms with Crippen molar-refractivity contribution in [1.82, 2.24) is 10.2 Å². The first-order chi connectivity index (χ1) is 9.98. The molecule has 0 atom stereocenters. The number of nitrogens with one attached hydrogen (secondary N) is 1. The number of carbonyl (C=O) groups excluding carboxylic acids is 1. The van der Waals surface area contributed by atoms with Crippen LogP contribution in [0.25, 0.3) is 0 Å². The van der Waals surface area contributed by atoms with Crippen molar-refractivity contribution in [3.63, 3.8) is 0 Å². The SMILES string of the molecule is CCCNCc1ccccc1N1CCN(C)C(=O)C1(C)C. The largest absolute Gasteiger partial charge is 0.355 e. The van der Waals surface area contributed by atoms with Crippen LogP contribution in [0.2, 0.25) is 0 Å². The second-order valence-electron chi connectivity index (χ2n) is 6.24. The van der Waals surface area contributed by atoms with Crippen molar-refractivity contribution in [1.29, 1.82) is 0 Å². The van der Waals surface area contributed by atoms with E-state index >= 15 is 0 Å². The van der Waals surface area contributed by atoms with Gasteiger partial charge in [-0.3, -0.25) is 4.79 Å². The monoisotopic (exact) mass is 289 g/mol. The Hall–Kier alpha value is -1.55. The van der Waals surface area contributed by atoms with Crippen LogP contribution in [0, 0.1) is 0 Å². The fraction of sp³-hybridized carbons (Fsp3) is 0.588. The summed E-state index contributed by atoms with van der Waals surface area (Å²) < 4.78 is 0. The van der Waals surface area contributed by atoms with Gasteiger partial charge in [-0.05, 0) is 38.4 Å². The summed E-state index contributed by atoms with van der Waals surface area (Å²) in [5.41, 5.74) is 1.94. The van der Waals surface area contributed by atoms with Gasteiger partial charge in [0.25, 0.3) is 0 Å². The minimum atomic E-state index is -0.492. The van der Waals surface area contributed by atoms with Crippen LogP contribution in [0.15, 0.2) is 24.3 Å². The number of benzene rings is 1. The van der Waals surface area contributed by atoms with Crippen LogP contribution in [0.1, 0.15) is 32.8 Å². The highest BCUT2D eigenvalue weighted by Gasteiger charge is 2.41. The van der Waals surface area contributed by atoms with E-state index in [1.54, 1.807) is 0 Å². The summed E-state index contributed by atoms with van der Waals surface area (Å²) in [7, 11) is 1.89. The van der Waals surface area contributed by atoms with Gasteiger partial charge in [0.15, 0.2) is 0 Å². The smallest absolute Gasteiger partial charge is 0.247 e. The molecule has 0 saturated carbocycles. The van der Waals surface area contributed by atoms with Crippen molar-refractivity contribution in [2.75, 3.05) is 31.6 Å². The average molecular weight is 289 g/mol. The second-order valence-corrected chi connectivity index (χ2v) is 6.24. The molecule has 4 nitrogen and oxygen atoms in total. The maximum absolute atomic E-state index is 12.5. The van der Waals surface area contributed by atoms with Gasteiger partial charge >= 0.3 is 0 Å². The quantitative estimate of drug-likeness (QED) is 0.845. The molecule has 1 aromatic rings. The molecule has 1 aliphatic heterocycles. The maximum Gasteiger partial charge on any atom is 0.247 e. The molecule has 1 N–H and O–H groups in total. The van der Waals surface area contributed by atoms with Crippen molar-refractivity contribution in [3.8, 4) is 0 Å². The first kappa shape index (κ1) is 15.8. The minimum Gasteiger partial charge on any atom is -0.355 e. The Morgan fingerprint density at radius 1 is 1.24 bits per heavy atom. The lowest BCUT2D eigenvalue weighted by molar-refractivity contribution is -0.136. The number of hydrogen-bond donors (Lipinski definition) is 1. The number of nitrogens with zero attached hydrogens (tertiary/aromatic N) is 2. The van der Waals surface area contributed by atoms with Gasteiger partial charge in [0, 0.05) is 32.4 Å². The summed E-state index contributed by atoms with van der Waals surface area (Å²) in [6.45, 7) is 9.71. The molecule has 0 bridgehead atoms. The lowest BCUT2D eigenvalue weighted by Crippen LogP contribution is -2.62. The van der Waals surface area contributed by atoms with E-state index < -0.39 is 5.54 Å². The van der Waals surface area contributed by atoms with E-state index in [0.29, 0.717) is 0 Å². The van der Waals surface area contributed by atoms with Gasteiger partial charge in [0.2, 0.25) is 5.91 Å². The summed E-state index contributed by atoms with van der Waals surface area (Å²) in [6, 6.07) is 8.40. The number of anilines is 1. The standard InChI is InChI=1S/C17H27N3O/c1-5-10-18-13-14-8-6-7-9-15(14)20-12-11-19(4)16(21)17(20,2)3/h6-9,18H,5,10-13H2,1-4H3. The van der Waals surface area contributed by atoms with Gasteiger partial charge < -0.3 is 15.1 Å². The number of rotatable bonds is 5. The summed E-state index contributed by atoms with van der Waals surface area (Å²) in [6.07, 6.45) is 1.13. The third kappa shape index (κ3) is 3.21. The molecule has 1 saturated heterocycles. The Balaban J connectivity index is 2.26. The fourth-order valence-corrected chi connectivity index (χ4v) is 2.96. The van der Waals surface area contributed by atoms with Crippen molar-refractivity contribution in [3.05, 3.63) is 29.8 Å². The first-order valence-electron chi connectivity index (χ1n) is 7.80. The highest BCUT2D eigenvalue weighted by Crippen LogP contribution is 2.31. The topological polar surface area (TPSA) is 35.6 Å². The lowest BCUT2D eigenvalue weighted by atomic mass is 9.95. The number of piperazine rings is 1. The number of likely N-dealkylation sites (N-methyl/N-ethyl adjacent to an activating group) is 1. The van der Waals surface area contributed by atoms with Crippen LogP contribution in [-0.4, -0.2) is 43.0 Å². The maximum atomic E-state index is 12.5. The van der Waals surface area contributed by atoms with Crippen LogP contribution < -0.4 is 10.2 Å². The molecule has 0 aromatic heterocycles. The molecule has 0 spiro atoms. The normalized spacial score (nSPS) is 18.2. The number of amides is 1. The fourth-order valence-electron chi connectivity index (χ4n) is 2.96. The van der Waals surface area contributed by atoms with Crippen molar-refractivity contribution < 1.29 is 4.79 Å². The molecule has 0 unspecified atom stereocenters. The van der Waals surface area contributed by atoms with Gasteiger partial charge in [-0.1, -0.05) is 25.1 Å². The van der Waals surface area contributed by atoms with E-state index in [4.69, 9.17) is 0 Å². The van der Waals surface area contributed by atoms with E-state index in [2.05, 4.69) is 41.4 Å². The van der Waals surface area contributed by atoms with E-state index in [-0.39, 0.29) is 5.91 Å². The Kier molecular flexibility index (Phi) is 4.88. The molecule has 1 fully saturated rings. The van der Waals surface area contributed by atoms with E-state index in [1.807, 2.05) is 25.8 Å². The van der Waals surface area contributed by atoms with Crippen LogP contribution in [-0.2, 0) is 11.3 Å². The highest BCUT2D eigenvalue weighted by atomic mass is 16.2. The first-order valence-corrected chi connectivity index (χ1v) is 7.80. The number of carbonyl (C=O) groups is 1. The summed E-state index contributed by atoms with van der Waals surface area (Å²) in [4.78, 5) is 16.5. The molecule has 2 rings (SSSR count). The van der Waals surface area contributed by atoms with Crippen LogP contribution >= 0.6 is 0 Å². The zero-order valence-electron chi connectivity index (χ0n) is 13.6. The zero-order valence-corrected chi connectivity index (χ0v) is 13.6. The van der Waals surface area contributed by atoms with Crippen molar-refractivity contribution >= 4 is 11.6 Å². The van der Waals surface area contributed by atoms with Crippen molar-refractivity contribution in [2.45, 2.75) is 39.3 Å². The Morgan fingerprint density at radius 3 is 2.67 bits per heavy atom. The molecule has 116 valence electrons. The molecule has 4 heteroatoms. The Labute approximate surface area is 128 Å². The summed E-state index contributed by atoms with van der Waals surface area (Å²) >= 11 is 0. The van der Waals surface area contributed by atoms with E-state index in [1.165, 1.54) is 11.3 Å². The predicted molar refractivity (Wildman–Crippen MR) is 87.5 cm³/mol. The van der Waals surface area contributed by atoms with Crippen LogP contribution in [0.3, 0.4) is 0 Å². The minimum absolute atomic E-state index is 0.185. The molecule has 0 aliphatic carbocycles. The Morgan fingerprint density at radius 2 is 1.95 bits per heavy atom. The predicted octanol–water partition coefficient (Wildman–Crippen LogP) is 2.24. The summed E-state index contributed by atoms with van der Waals surface area (Å²) in [5, 5.41) is 3.46. The van der Waals surface area contributed by atoms with Gasteiger partial charge in [0.05, 0.1) is 0 Å². The number of para-hydroxylation sites is 1. The second kappa shape index (κ2) is 6.48. The molecule has 1 aromatic carbocycles. The van der Waals surface area contributed by atoms with E-state index in [9.17, 15) is 4.79 Å². The van der Waals surface area contributed by atoms with Gasteiger partial charge in [-0.2, -0.15) is 0 Å². The van der Waals surface area contributed by atoms with Gasteiger partial charge in [-0.15, -0.1) is 0 Å². The third-order valence-corrected chi connectivity index (χ3v) is 4.23. The molecule has 1 heterocycles. The zero-order chi connectivity index (χ0) is 15.5. The third-order valence-electron chi connectivity index (χ3n) is 4.23. The van der Waals surface area contributed by atoms with Gasteiger partial charge in [0.1, 0.15) is 5.54 Å². The molecule has 0 radical (unpaired) electrons. The lowest BCUT2D eigenvalue weighted by Gasteiger charge is -2.46.